The maximum Gasteiger partial charge on any atom is 0.189 e. The SMILES string of the molecule is COCC(C)NC(N)=NC1CC(C)(OC)C1(C)C.I. The predicted octanol–water partition coefficient (Wildman–Crippen LogP) is 1.75. The molecule has 0 aromatic rings. The quantitative estimate of drug-likeness (QED) is 0.430. The Labute approximate surface area is 133 Å². The van der Waals surface area contributed by atoms with Crippen LogP contribution >= 0.6 is 24.0 Å². The van der Waals surface area contributed by atoms with E-state index < -0.39 is 0 Å². The van der Waals surface area contributed by atoms with E-state index in [9.17, 15) is 0 Å². The van der Waals surface area contributed by atoms with Gasteiger partial charge >= 0.3 is 0 Å². The minimum absolute atomic E-state index is 0. The van der Waals surface area contributed by atoms with Crippen LogP contribution in [0.1, 0.15) is 34.1 Å². The summed E-state index contributed by atoms with van der Waals surface area (Å²) in [6.45, 7) is 9.08. The zero-order chi connectivity index (χ0) is 14.0. The lowest BCUT2D eigenvalue weighted by Gasteiger charge is -2.57. The highest BCUT2D eigenvalue weighted by Crippen LogP contribution is 2.53. The monoisotopic (exact) mass is 385 g/mol. The number of nitrogens with two attached hydrogens (primary N) is 1. The summed E-state index contributed by atoms with van der Waals surface area (Å²) in [6, 6.07) is 0.362. The van der Waals surface area contributed by atoms with Crippen molar-refractivity contribution >= 4 is 29.9 Å². The summed E-state index contributed by atoms with van der Waals surface area (Å²) in [4.78, 5) is 4.55. The molecular formula is C13H28IN3O2. The molecule has 0 saturated heterocycles. The third kappa shape index (κ3) is 3.95. The average Bonchev–Trinajstić information content (AvgIpc) is 2.28. The van der Waals surface area contributed by atoms with Gasteiger partial charge in [0.15, 0.2) is 5.96 Å². The van der Waals surface area contributed by atoms with E-state index in [0.717, 1.165) is 6.42 Å². The van der Waals surface area contributed by atoms with Gasteiger partial charge in [0.1, 0.15) is 0 Å². The molecule has 0 heterocycles. The van der Waals surface area contributed by atoms with Crippen LogP contribution in [0.2, 0.25) is 0 Å². The smallest absolute Gasteiger partial charge is 0.189 e. The largest absolute Gasteiger partial charge is 0.383 e. The van der Waals surface area contributed by atoms with Crippen LogP contribution < -0.4 is 11.1 Å². The van der Waals surface area contributed by atoms with Gasteiger partial charge in [0.05, 0.1) is 18.2 Å². The number of hydrogen-bond donors (Lipinski definition) is 2. The van der Waals surface area contributed by atoms with E-state index in [4.69, 9.17) is 15.2 Å². The van der Waals surface area contributed by atoms with Gasteiger partial charge in [-0.25, -0.2) is 4.99 Å². The molecule has 6 heteroatoms. The summed E-state index contributed by atoms with van der Waals surface area (Å²) in [6.07, 6.45) is 0.900. The van der Waals surface area contributed by atoms with Crippen molar-refractivity contribution in [3.05, 3.63) is 0 Å². The first-order valence-corrected chi connectivity index (χ1v) is 6.40. The van der Waals surface area contributed by atoms with Crippen molar-refractivity contribution in [2.24, 2.45) is 16.1 Å². The number of nitrogens with zero attached hydrogens (tertiary/aromatic N) is 1. The molecule has 0 aromatic carbocycles. The zero-order valence-corrected chi connectivity index (χ0v) is 15.1. The molecule has 3 atom stereocenters. The fourth-order valence-electron chi connectivity index (χ4n) is 2.41. The second-order valence-corrected chi connectivity index (χ2v) is 5.89. The van der Waals surface area contributed by atoms with Gasteiger partial charge in [-0.15, -0.1) is 24.0 Å². The predicted molar refractivity (Wildman–Crippen MR) is 89.1 cm³/mol. The third-order valence-electron chi connectivity index (χ3n) is 4.34. The lowest BCUT2D eigenvalue weighted by molar-refractivity contribution is -0.171. The van der Waals surface area contributed by atoms with Crippen molar-refractivity contribution in [1.82, 2.24) is 5.32 Å². The summed E-state index contributed by atoms with van der Waals surface area (Å²) in [5.41, 5.74) is 5.80. The minimum Gasteiger partial charge on any atom is -0.383 e. The first-order valence-electron chi connectivity index (χ1n) is 6.40. The van der Waals surface area contributed by atoms with Crippen LogP contribution in [-0.2, 0) is 9.47 Å². The number of rotatable bonds is 5. The van der Waals surface area contributed by atoms with Crippen molar-refractivity contribution in [1.29, 1.82) is 0 Å². The van der Waals surface area contributed by atoms with E-state index in [1.165, 1.54) is 0 Å². The highest BCUT2D eigenvalue weighted by atomic mass is 127. The van der Waals surface area contributed by atoms with Gasteiger partial charge in [-0.2, -0.15) is 0 Å². The number of halogens is 1. The topological polar surface area (TPSA) is 68.9 Å². The molecule has 3 N–H and O–H groups in total. The Hall–Kier alpha value is -0.0800. The molecule has 0 radical (unpaired) electrons. The Bertz CT molecular complexity index is 323. The first-order chi connectivity index (χ1) is 8.26. The Morgan fingerprint density at radius 2 is 2.00 bits per heavy atom. The first kappa shape index (κ1) is 18.9. The number of ether oxygens (including phenoxy) is 2. The van der Waals surface area contributed by atoms with Crippen molar-refractivity contribution in [3.8, 4) is 0 Å². The van der Waals surface area contributed by atoms with Gasteiger partial charge in [-0.3, -0.25) is 0 Å². The number of guanidine groups is 1. The van der Waals surface area contributed by atoms with Gasteiger partial charge in [-0.1, -0.05) is 13.8 Å². The highest BCUT2D eigenvalue weighted by Gasteiger charge is 2.58. The Balaban J connectivity index is 0.00000324. The normalized spacial score (nSPS) is 31.1. The van der Waals surface area contributed by atoms with Crippen LogP contribution in [0.5, 0.6) is 0 Å². The van der Waals surface area contributed by atoms with Crippen LogP contribution in [0.3, 0.4) is 0 Å². The standard InChI is InChI=1S/C13H27N3O2.HI/c1-9(8-17-5)15-11(14)16-10-7-13(4,18-6)12(10,2)3;/h9-10H,7-8H2,1-6H3,(H3,14,15,16);1H. The molecule has 1 aliphatic rings. The summed E-state index contributed by atoms with van der Waals surface area (Å²) >= 11 is 0. The van der Waals surface area contributed by atoms with Gasteiger partial charge in [-0.05, 0) is 20.3 Å². The Kier molecular flexibility index (Phi) is 7.05. The molecule has 19 heavy (non-hydrogen) atoms. The summed E-state index contributed by atoms with van der Waals surface area (Å²) in [5, 5.41) is 3.12. The molecular weight excluding hydrogens is 357 g/mol. The second-order valence-electron chi connectivity index (χ2n) is 5.89. The van der Waals surface area contributed by atoms with Crippen LogP contribution in [0, 0.1) is 5.41 Å². The number of aliphatic imine (C=N–C) groups is 1. The summed E-state index contributed by atoms with van der Waals surface area (Å²) in [5.74, 6) is 0.482. The van der Waals surface area contributed by atoms with E-state index in [0.29, 0.717) is 12.6 Å². The van der Waals surface area contributed by atoms with E-state index in [2.05, 4.69) is 31.1 Å². The number of nitrogens with one attached hydrogen (secondary N) is 1. The van der Waals surface area contributed by atoms with E-state index >= 15 is 0 Å². The van der Waals surface area contributed by atoms with E-state index in [1.54, 1.807) is 14.2 Å². The molecule has 0 aliphatic heterocycles. The fraction of sp³-hybridized carbons (Fsp3) is 0.923. The third-order valence-corrected chi connectivity index (χ3v) is 4.34. The van der Waals surface area contributed by atoms with Crippen LogP contribution in [0.25, 0.3) is 0 Å². The van der Waals surface area contributed by atoms with Crippen LogP contribution in [-0.4, -0.2) is 44.5 Å². The number of hydrogen-bond acceptors (Lipinski definition) is 3. The van der Waals surface area contributed by atoms with Gasteiger partial charge in [0, 0.05) is 25.7 Å². The molecule has 1 aliphatic carbocycles. The van der Waals surface area contributed by atoms with Gasteiger partial charge in [0.2, 0.25) is 0 Å². The second kappa shape index (κ2) is 7.08. The maximum atomic E-state index is 5.91. The molecule has 0 aromatic heterocycles. The molecule has 1 saturated carbocycles. The van der Waals surface area contributed by atoms with E-state index in [-0.39, 0.29) is 47.1 Å². The lowest BCUT2D eigenvalue weighted by Crippen LogP contribution is -2.63. The molecule has 3 unspecified atom stereocenters. The molecule has 1 rings (SSSR count). The molecule has 0 amide bonds. The van der Waals surface area contributed by atoms with Gasteiger partial charge < -0.3 is 20.5 Å². The minimum atomic E-state index is -0.112. The molecule has 5 nitrogen and oxygen atoms in total. The summed E-state index contributed by atoms with van der Waals surface area (Å²) < 4.78 is 10.6. The molecule has 0 bridgehead atoms. The van der Waals surface area contributed by atoms with Crippen molar-refractivity contribution in [3.63, 3.8) is 0 Å². The van der Waals surface area contributed by atoms with Gasteiger partial charge in [0.25, 0.3) is 0 Å². The van der Waals surface area contributed by atoms with Crippen molar-refractivity contribution in [2.45, 2.75) is 51.8 Å². The Morgan fingerprint density at radius 3 is 2.42 bits per heavy atom. The van der Waals surface area contributed by atoms with E-state index in [1.807, 2.05) is 6.92 Å². The highest BCUT2D eigenvalue weighted by molar-refractivity contribution is 14.0. The zero-order valence-electron chi connectivity index (χ0n) is 12.8. The van der Waals surface area contributed by atoms with Crippen molar-refractivity contribution < 1.29 is 9.47 Å². The molecule has 0 spiro atoms. The fourth-order valence-corrected chi connectivity index (χ4v) is 2.41. The average molecular weight is 385 g/mol. The maximum absolute atomic E-state index is 5.91. The molecule has 114 valence electrons. The lowest BCUT2D eigenvalue weighted by atomic mass is 9.56. The summed E-state index contributed by atoms with van der Waals surface area (Å²) in [7, 11) is 3.43. The number of methoxy groups -OCH3 is 2. The van der Waals surface area contributed by atoms with Crippen LogP contribution in [0.4, 0.5) is 0 Å². The Morgan fingerprint density at radius 1 is 1.42 bits per heavy atom. The molecule has 1 fully saturated rings. The van der Waals surface area contributed by atoms with Crippen LogP contribution in [0.15, 0.2) is 4.99 Å². The van der Waals surface area contributed by atoms with Crippen molar-refractivity contribution in [2.75, 3.05) is 20.8 Å².